The number of anilines is 1. The molecule has 4 aromatic rings. The number of aromatic amines is 1. The van der Waals surface area contributed by atoms with Gasteiger partial charge < -0.3 is 15.6 Å². The Morgan fingerprint density at radius 2 is 1.94 bits per heavy atom. The van der Waals surface area contributed by atoms with Crippen molar-refractivity contribution >= 4 is 40.3 Å². The second-order valence-electron chi connectivity index (χ2n) is 6.78. The summed E-state index contributed by atoms with van der Waals surface area (Å²) in [5, 5.41) is 10.4. The van der Waals surface area contributed by atoms with E-state index >= 15 is 0 Å². The molecule has 10 heteroatoms. The number of hydrogen-bond acceptors (Lipinski definition) is 6. The zero-order valence-corrected chi connectivity index (χ0v) is 18.0. The summed E-state index contributed by atoms with van der Waals surface area (Å²) in [5.74, 6) is -0.468. The summed E-state index contributed by atoms with van der Waals surface area (Å²) in [6.07, 6.45) is 1.47. The number of aromatic nitrogens is 4. The number of carbonyl (C=O) groups excluding carboxylic acids is 2. The molecule has 0 radical (unpaired) electrons. The highest BCUT2D eigenvalue weighted by atomic mass is 32.2. The lowest BCUT2D eigenvalue weighted by Gasteiger charge is -2.08. The lowest BCUT2D eigenvalue weighted by molar-refractivity contribution is -0.113. The molecule has 0 saturated carbocycles. The number of hydrogen-bond donors (Lipinski definition) is 3. The summed E-state index contributed by atoms with van der Waals surface area (Å²) in [5.41, 5.74) is 1.84. The minimum atomic E-state index is -0.324. The summed E-state index contributed by atoms with van der Waals surface area (Å²) >= 11 is 1.10. The molecular weight excluding hydrogens is 428 g/mol. The van der Waals surface area contributed by atoms with Crippen LogP contribution in [0.2, 0.25) is 0 Å². The molecule has 0 saturated heterocycles. The van der Waals surface area contributed by atoms with Crippen LogP contribution in [0.5, 0.6) is 0 Å². The van der Waals surface area contributed by atoms with E-state index in [0.29, 0.717) is 34.0 Å². The molecule has 2 aromatic carbocycles. The van der Waals surface area contributed by atoms with Gasteiger partial charge in [0.05, 0.1) is 17.6 Å². The van der Waals surface area contributed by atoms with Gasteiger partial charge in [0.1, 0.15) is 5.39 Å². The monoisotopic (exact) mass is 448 g/mol. The highest BCUT2D eigenvalue weighted by molar-refractivity contribution is 7.99. The van der Waals surface area contributed by atoms with E-state index in [1.807, 2.05) is 37.3 Å². The minimum absolute atomic E-state index is 0.0271. The quantitative estimate of drug-likeness (QED) is 0.295. The number of fused-ring (bicyclic) bond motifs is 1. The predicted molar refractivity (Wildman–Crippen MR) is 123 cm³/mol. The van der Waals surface area contributed by atoms with Crippen molar-refractivity contribution in [2.24, 2.45) is 0 Å². The van der Waals surface area contributed by atoms with Crippen molar-refractivity contribution in [1.29, 1.82) is 0 Å². The van der Waals surface area contributed by atoms with E-state index in [1.165, 1.54) is 6.20 Å². The zero-order chi connectivity index (χ0) is 22.5. The third-order valence-corrected chi connectivity index (χ3v) is 5.38. The van der Waals surface area contributed by atoms with Gasteiger partial charge in [0.25, 0.3) is 11.5 Å². The SMILES string of the molecule is CCNC(=O)c1cccc(NC(=O)CSc2nc3c(cnn3-c3ccccc3)c(=O)[nH]2)c1. The smallest absolute Gasteiger partial charge is 0.262 e. The first kappa shape index (κ1) is 21.3. The first-order valence-electron chi connectivity index (χ1n) is 9.89. The molecule has 0 atom stereocenters. The Hall–Kier alpha value is -3.92. The number of nitrogens with one attached hydrogen (secondary N) is 3. The molecule has 162 valence electrons. The number of H-pyrrole nitrogens is 1. The van der Waals surface area contributed by atoms with Gasteiger partial charge >= 0.3 is 0 Å². The molecule has 2 aromatic heterocycles. The highest BCUT2D eigenvalue weighted by Gasteiger charge is 2.13. The Balaban J connectivity index is 1.47. The molecule has 32 heavy (non-hydrogen) atoms. The van der Waals surface area contributed by atoms with E-state index in [1.54, 1.807) is 28.9 Å². The summed E-state index contributed by atoms with van der Waals surface area (Å²) in [6, 6.07) is 16.1. The lowest BCUT2D eigenvalue weighted by atomic mass is 10.2. The summed E-state index contributed by atoms with van der Waals surface area (Å²) < 4.78 is 1.58. The number of rotatable bonds is 7. The molecule has 9 nitrogen and oxygen atoms in total. The van der Waals surface area contributed by atoms with Gasteiger partial charge in [-0.3, -0.25) is 14.4 Å². The van der Waals surface area contributed by atoms with E-state index in [-0.39, 0.29) is 23.1 Å². The summed E-state index contributed by atoms with van der Waals surface area (Å²) in [4.78, 5) is 44.0. The summed E-state index contributed by atoms with van der Waals surface area (Å²) in [7, 11) is 0. The van der Waals surface area contributed by atoms with E-state index < -0.39 is 0 Å². The Bertz CT molecular complexity index is 1330. The van der Waals surface area contributed by atoms with Crippen LogP contribution in [0.4, 0.5) is 5.69 Å². The number of carbonyl (C=O) groups is 2. The third-order valence-electron chi connectivity index (χ3n) is 4.50. The van der Waals surface area contributed by atoms with Crippen LogP contribution in [-0.4, -0.2) is 43.9 Å². The highest BCUT2D eigenvalue weighted by Crippen LogP contribution is 2.18. The third kappa shape index (κ3) is 4.70. The van der Waals surface area contributed by atoms with Gasteiger partial charge in [-0.25, -0.2) is 9.67 Å². The average Bonchev–Trinajstić information content (AvgIpc) is 3.23. The first-order valence-corrected chi connectivity index (χ1v) is 10.9. The fourth-order valence-corrected chi connectivity index (χ4v) is 3.71. The lowest BCUT2D eigenvalue weighted by Crippen LogP contribution is -2.23. The van der Waals surface area contributed by atoms with Gasteiger partial charge in [0.15, 0.2) is 10.8 Å². The second-order valence-corrected chi connectivity index (χ2v) is 7.74. The van der Waals surface area contributed by atoms with Crippen molar-refractivity contribution in [2.75, 3.05) is 17.6 Å². The molecule has 0 fully saturated rings. The van der Waals surface area contributed by atoms with Crippen molar-refractivity contribution < 1.29 is 9.59 Å². The molecule has 0 aliphatic heterocycles. The second kappa shape index (κ2) is 9.48. The van der Waals surface area contributed by atoms with Gasteiger partial charge in [0, 0.05) is 17.8 Å². The maximum Gasteiger partial charge on any atom is 0.262 e. The van der Waals surface area contributed by atoms with Crippen LogP contribution in [0.1, 0.15) is 17.3 Å². The van der Waals surface area contributed by atoms with Crippen molar-refractivity contribution in [1.82, 2.24) is 25.1 Å². The summed E-state index contributed by atoms with van der Waals surface area (Å²) in [6.45, 7) is 2.36. The molecule has 2 amide bonds. The van der Waals surface area contributed by atoms with Crippen molar-refractivity contribution in [3.63, 3.8) is 0 Å². The maximum absolute atomic E-state index is 12.4. The number of amides is 2. The van der Waals surface area contributed by atoms with Gasteiger partial charge in [-0.1, -0.05) is 36.0 Å². The number of para-hydroxylation sites is 1. The van der Waals surface area contributed by atoms with Crippen molar-refractivity contribution in [3.8, 4) is 5.69 Å². The van der Waals surface area contributed by atoms with Crippen LogP contribution in [0.25, 0.3) is 16.7 Å². The van der Waals surface area contributed by atoms with Crippen LogP contribution in [0, 0.1) is 0 Å². The molecule has 3 N–H and O–H groups in total. The molecule has 2 heterocycles. The first-order chi connectivity index (χ1) is 15.5. The van der Waals surface area contributed by atoms with Crippen LogP contribution in [-0.2, 0) is 4.79 Å². The van der Waals surface area contributed by atoms with E-state index in [4.69, 9.17) is 0 Å². The number of nitrogens with zero attached hydrogens (tertiary/aromatic N) is 3. The molecule has 0 spiro atoms. The standard InChI is InChI=1S/C22H20N6O3S/c1-2-23-20(30)14-7-6-8-15(11-14)25-18(29)13-32-22-26-19-17(21(31)27-22)12-24-28(19)16-9-4-3-5-10-16/h3-12H,2,13H2,1H3,(H,23,30)(H,25,29)(H,26,27,31). The van der Waals surface area contributed by atoms with E-state index in [2.05, 4.69) is 25.7 Å². The number of benzene rings is 2. The van der Waals surface area contributed by atoms with Crippen LogP contribution < -0.4 is 16.2 Å². The van der Waals surface area contributed by atoms with Crippen LogP contribution in [0.3, 0.4) is 0 Å². The zero-order valence-electron chi connectivity index (χ0n) is 17.2. The minimum Gasteiger partial charge on any atom is -0.352 e. The molecule has 0 aliphatic rings. The van der Waals surface area contributed by atoms with E-state index in [0.717, 1.165) is 17.4 Å². The Morgan fingerprint density at radius 3 is 2.72 bits per heavy atom. The van der Waals surface area contributed by atoms with Gasteiger partial charge in [-0.2, -0.15) is 5.10 Å². The van der Waals surface area contributed by atoms with Gasteiger partial charge in [0.2, 0.25) is 5.91 Å². The predicted octanol–water partition coefficient (Wildman–Crippen LogP) is 2.59. The molecule has 0 bridgehead atoms. The van der Waals surface area contributed by atoms with Crippen molar-refractivity contribution in [2.45, 2.75) is 12.1 Å². The molecule has 0 unspecified atom stereocenters. The Morgan fingerprint density at radius 1 is 1.12 bits per heavy atom. The largest absolute Gasteiger partial charge is 0.352 e. The molecule has 0 aliphatic carbocycles. The average molecular weight is 449 g/mol. The normalized spacial score (nSPS) is 10.8. The Labute approximate surface area is 187 Å². The fraction of sp³-hybridized carbons (Fsp3) is 0.136. The van der Waals surface area contributed by atoms with Crippen molar-refractivity contribution in [3.05, 3.63) is 76.7 Å². The van der Waals surface area contributed by atoms with Gasteiger partial charge in [-0.05, 0) is 37.3 Å². The van der Waals surface area contributed by atoms with E-state index in [9.17, 15) is 14.4 Å². The topological polar surface area (TPSA) is 122 Å². The number of thioether (sulfide) groups is 1. The van der Waals surface area contributed by atoms with Crippen LogP contribution in [0.15, 0.2) is 70.7 Å². The van der Waals surface area contributed by atoms with Crippen LogP contribution >= 0.6 is 11.8 Å². The maximum atomic E-state index is 12.4. The van der Waals surface area contributed by atoms with Gasteiger partial charge in [-0.15, -0.1) is 0 Å². The Kier molecular flexibility index (Phi) is 6.31. The molecular formula is C22H20N6O3S. The fourth-order valence-electron chi connectivity index (χ4n) is 3.06. The molecule has 4 rings (SSSR count).